The second kappa shape index (κ2) is 12.7. The first-order chi connectivity index (χ1) is 23.0. The van der Waals surface area contributed by atoms with Crippen LogP contribution in [0.4, 0.5) is 0 Å². The molecular formula is C35H43NO13. The van der Waals surface area contributed by atoms with E-state index in [9.17, 15) is 34.8 Å². The van der Waals surface area contributed by atoms with Crippen molar-refractivity contribution in [3.63, 3.8) is 0 Å². The normalized spacial score (nSPS) is 35.7. The number of aliphatic hydroxyl groups excluding tert-OH is 1. The van der Waals surface area contributed by atoms with Gasteiger partial charge in [-0.1, -0.05) is 12.1 Å². The summed E-state index contributed by atoms with van der Waals surface area (Å²) in [5, 5.41) is 45.3. The number of ketones is 3. The number of carbonyl (C=O) groups excluding carboxylic acids is 3. The lowest BCUT2D eigenvalue weighted by Gasteiger charge is -2.47. The van der Waals surface area contributed by atoms with Crippen molar-refractivity contribution in [1.29, 1.82) is 0 Å². The Balaban J connectivity index is 1.31. The first-order valence-electron chi connectivity index (χ1n) is 16.3. The molecule has 8 unspecified atom stereocenters. The van der Waals surface area contributed by atoms with Gasteiger partial charge in [0.05, 0.1) is 47.7 Å². The van der Waals surface area contributed by atoms with Gasteiger partial charge in [-0.25, -0.2) is 0 Å². The van der Waals surface area contributed by atoms with Gasteiger partial charge >= 0.3 is 0 Å². The highest BCUT2D eigenvalue weighted by Crippen LogP contribution is 2.52. The predicted octanol–water partition coefficient (Wildman–Crippen LogP) is 1.95. The Bertz CT molecular complexity index is 1680. The van der Waals surface area contributed by atoms with Gasteiger partial charge in [-0.3, -0.25) is 14.4 Å². The number of hydrogen-bond donors (Lipinski definition) is 5. The number of ether oxygens (including phenoxy) is 6. The van der Waals surface area contributed by atoms with E-state index < -0.39 is 107 Å². The highest BCUT2D eigenvalue weighted by Gasteiger charge is 2.51. The third-order valence-corrected chi connectivity index (χ3v) is 10.5. The lowest BCUT2D eigenvalue weighted by molar-refractivity contribution is -0.316. The van der Waals surface area contributed by atoms with Gasteiger partial charge in [-0.05, 0) is 33.8 Å². The van der Waals surface area contributed by atoms with E-state index in [1.54, 1.807) is 20.8 Å². The Morgan fingerprint density at radius 1 is 0.959 bits per heavy atom. The van der Waals surface area contributed by atoms with Gasteiger partial charge in [0.2, 0.25) is 5.78 Å². The van der Waals surface area contributed by atoms with E-state index in [1.807, 2.05) is 0 Å². The van der Waals surface area contributed by atoms with Crippen LogP contribution in [0.2, 0.25) is 0 Å². The van der Waals surface area contributed by atoms with Gasteiger partial charge in [-0.15, -0.1) is 0 Å². The lowest BCUT2D eigenvalue weighted by Crippen LogP contribution is -2.59. The molecule has 2 aromatic rings. The standard InChI is InChI=1S/C35H43NO13/c1-14-32(49-23-13-34(4,45-6)33(42)15(2)47-23)19(36)10-22(46-14)48-21-12-35(43,16(3)37)11-18-25(21)31(41)27-26(29(18)39)28(38)17-8-7-9-20(44-5)24(17)30(27)40/h7-9,14-15,19,21-23,32-33,39,41-43H,10-13,36H2,1-6H3/t14?,15?,19?,21-,22?,23?,32?,33?,34?,35-/m0/s1. The zero-order valence-electron chi connectivity index (χ0n) is 28.2. The topological polar surface area (TPSA) is 214 Å². The fourth-order valence-electron chi connectivity index (χ4n) is 7.63. The maximum Gasteiger partial charge on any atom is 0.202 e. The third-order valence-electron chi connectivity index (χ3n) is 10.5. The van der Waals surface area contributed by atoms with Gasteiger partial charge < -0.3 is 54.6 Å². The molecule has 6 rings (SSSR count). The third kappa shape index (κ3) is 5.73. The van der Waals surface area contributed by atoms with Crippen molar-refractivity contribution in [2.75, 3.05) is 14.2 Å². The smallest absolute Gasteiger partial charge is 0.202 e. The van der Waals surface area contributed by atoms with Crippen LogP contribution in [0.15, 0.2) is 18.2 Å². The molecule has 14 nitrogen and oxygen atoms in total. The summed E-state index contributed by atoms with van der Waals surface area (Å²) in [5.41, 5.74) is 2.52. The number of phenolic OH excluding ortho intramolecular Hbond substituents is 2. The highest BCUT2D eigenvalue weighted by atomic mass is 16.7. The van der Waals surface area contributed by atoms with E-state index in [2.05, 4.69) is 0 Å². The molecule has 49 heavy (non-hydrogen) atoms. The Morgan fingerprint density at radius 2 is 1.63 bits per heavy atom. The van der Waals surface area contributed by atoms with Crippen LogP contribution < -0.4 is 10.5 Å². The SMILES string of the molecule is COc1cccc2c1C(=O)c1c(O)c3c(c(O)c1C2=O)C[C@@](O)(C(C)=O)C[C@@H]3OC1CC(N)C(OC2CC(C)(OC)C(O)C(C)O2)C(C)O1. The Morgan fingerprint density at radius 3 is 2.27 bits per heavy atom. The number of Topliss-reactive ketones (excluding diaryl/α,β-unsaturated/α-hetero) is 1. The highest BCUT2D eigenvalue weighted by molar-refractivity contribution is 6.31. The molecule has 0 spiro atoms. The van der Waals surface area contributed by atoms with Crippen LogP contribution in [0.5, 0.6) is 17.2 Å². The second-order valence-corrected chi connectivity index (χ2v) is 13.7. The largest absolute Gasteiger partial charge is 0.507 e. The summed E-state index contributed by atoms with van der Waals surface area (Å²) >= 11 is 0. The van der Waals surface area contributed by atoms with Crippen molar-refractivity contribution < 1.29 is 63.2 Å². The van der Waals surface area contributed by atoms with E-state index >= 15 is 0 Å². The number of methoxy groups -OCH3 is 2. The number of carbonyl (C=O) groups is 3. The summed E-state index contributed by atoms with van der Waals surface area (Å²) in [6.07, 6.45) is -6.31. The number of nitrogens with two attached hydrogens (primary N) is 1. The van der Waals surface area contributed by atoms with Gasteiger partial charge in [0.25, 0.3) is 0 Å². The van der Waals surface area contributed by atoms with Crippen LogP contribution in [-0.4, -0.2) is 106 Å². The molecule has 10 atom stereocenters. The maximum absolute atomic E-state index is 13.9. The monoisotopic (exact) mass is 685 g/mol. The lowest BCUT2D eigenvalue weighted by atomic mass is 9.72. The quantitative estimate of drug-likeness (QED) is 0.225. The fraction of sp³-hybridized carbons (Fsp3) is 0.571. The number of benzene rings is 2. The fourth-order valence-corrected chi connectivity index (χ4v) is 7.63. The van der Waals surface area contributed by atoms with E-state index in [-0.39, 0.29) is 47.3 Å². The van der Waals surface area contributed by atoms with Crippen LogP contribution in [0.25, 0.3) is 0 Å². The van der Waals surface area contributed by atoms with Crippen LogP contribution in [0.1, 0.15) is 96.0 Å². The molecule has 2 aliphatic heterocycles. The minimum atomic E-state index is -2.04. The first kappa shape index (κ1) is 35.4. The van der Waals surface area contributed by atoms with Crippen LogP contribution in [0.3, 0.4) is 0 Å². The molecule has 6 N–H and O–H groups in total. The molecule has 4 aliphatic rings. The number of aromatic hydroxyl groups is 2. The molecule has 266 valence electrons. The van der Waals surface area contributed by atoms with Crippen molar-refractivity contribution in [1.82, 2.24) is 0 Å². The second-order valence-electron chi connectivity index (χ2n) is 13.7. The van der Waals surface area contributed by atoms with Gasteiger partial charge in [-0.2, -0.15) is 0 Å². The molecule has 0 aromatic heterocycles. The zero-order valence-corrected chi connectivity index (χ0v) is 28.2. The molecule has 2 fully saturated rings. The van der Waals surface area contributed by atoms with E-state index in [0.717, 1.165) is 0 Å². The van der Waals surface area contributed by atoms with Gasteiger partial charge in [0.1, 0.15) is 35.1 Å². The number of fused-ring (bicyclic) bond motifs is 3. The molecule has 2 heterocycles. The predicted molar refractivity (Wildman–Crippen MR) is 170 cm³/mol. The summed E-state index contributed by atoms with van der Waals surface area (Å²) in [7, 11) is 2.85. The molecule has 2 aromatic carbocycles. The van der Waals surface area contributed by atoms with Gasteiger partial charge in [0.15, 0.2) is 24.1 Å². The van der Waals surface area contributed by atoms with Crippen molar-refractivity contribution >= 4 is 17.3 Å². The Labute approximate surface area is 283 Å². The molecule has 14 heteroatoms. The van der Waals surface area contributed by atoms with Crippen molar-refractivity contribution in [2.24, 2.45) is 5.73 Å². The summed E-state index contributed by atoms with van der Waals surface area (Å²) in [6.45, 7) is 6.40. The van der Waals surface area contributed by atoms with E-state index in [0.29, 0.717) is 0 Å². The van der Waals surface area contributed by atoms with E-state index in [4.69, 9.17) is 34.2 Å². The minimum Gasteiger partial charge on any atom is -0.507 e. The Hall–Kier alpha value is -3.47. The average molecular weight is 686 g/mol. The summed E-state index contributed by atoms with van der Waals surface area (Å²) in [6, 6.07) is 3.79. The number of hydrogen-bond acceptors (Lipinski definition) is 14. The van der Waals surface area contributed by atoms with Crippen LogP contribution >= 0.6 is 0 Å². The summed E-state index contributed by atoms with van der Waals surface area (Å²) in [5.74, 6) is -3.24. The zero-order chi connectivity index (χ0) is 35.7. The Kier molecular flexibility index (Phi) is 9.16. The van der Waals surface area contributed by atoms with Crippen molar-refractivity contribution in [2.45, 2.75) is 114 Å². The maximum atomic E-state index is 13.9. The van der Waals surface area contributed by atoms with E-state index in [1.165, 1.54) is 39.3 Å². The van der Waals surface area contributed by atoms with Gasteiger partial charge in [0, 0.05) is 55.5 Å². The summed E-state index contributed by atoms with van der Waals surface area (Å²) in [4.78, 5) is 40.3. The van der Waals surface area contributed by atoms with Crippen molar-refractivity contribution in [3.05, 3.63) is 51.6 Å². The molecule has 0 saturated carbocycles. The van der Waals surface area contributed by atoms with Crippen molar-refractivity contribution in [3.8, 4) is 17.2 Å². The average Bonchev–Trinajstić information content (AvgIpc) is 3.05. The van der Waals surface area contributed by atoms with Crippen LogP contribution in [-0.2, 0) is 34.9 Å². The molecule has 2 saturated heterocycles. The molecule has 0 radical (unpaired) electrons. The number of rotatable bonds is 7. The van der Waals surface area contributed by atoms with Crippen LogP contribution in [0, 0.1) is 0 Å². The molecule has 0 amide bonds. The molecular weight excluding hydrogens is 642 g/mol. The number of phenols is 2. The molecule has 2 aliphatic carbocycles. The minimum absolute atomic E-state index is 0.0246. The first-order valence-corrected chi connectivity index (χ1v) is 16.3. The summed E-state index contributed by atoms with van der Waals surface area (Å²) < 4.78 is 35.5. The number of aliphatic hydroxyl groups is 2. The molecule has 0 bridgehead atoms.